The fourth-order valence-corrected chi connectivity index (χ4v) is 4.46. The number of hydrogen-bond donors (Lipinski definition) is 0. The fraction of sp³-hybridized carbons (Fsp3) is 0.833. The quantitative estimate of drug-likeness (QED) is 0.729. The third kappa shape index (κ3) is 2.94. The molecule has 0 N–H and O–H groups in total. The van der Waals surface area contributed by atoms with Crippen LogP contribution in [0.1, 0.15) is 45.4 Å². The topological polar surface area (TPSA) is 48.0 Å². The maximum absolute atomic E-state index is 13.5. The Balaban J connectivity index is 1.85. The Labute approximate surface area is 138 Å². The summed E-state index contributed by atoms with van der Waals surface area (Å²) in [6, 6.07) is 0.252. The van der Waals surface area contributed by atoms with Crippen molar-refractivity contribution in [1.82, 2.24) is 4.90 Å². The SMILES string of the molecule is COC[C@H]1CC[C@H](COC)N1C(=O)[C@]1(C)OCC2=C1CCCC2. The van der Waals surface area contributed by atoms with Crippen LogP contribution in [0.25, 0.3) is 0 Å². The zero-order valence-corrected chi connectivity index (χ0v) is 14.6. The van der Waals surface area contributed by atoms with Crippen LogP contribution in [0.2, 0.25) is 0 Å². The number of nitrogens with zero attached hydrogens (tertiary/aromatic N) is 1. The molecule has 2 heterocycles. The van der Waals surface area contributed by atoms with Crippen LogP contribution in [0, 0.1) is 0 Å². The second kappa shape index (κ2) is 6.91. The van der Waals surface area contributed by atoms with Gasteiger partial charge in [-0.25, -0.2) is 0 Å². The molecule has 130 valence electrons. The minimum Gasteiger partial charge on any atom is -0.383 e. The minimum atomic E-state index is -0.780. The summed E-state index contributed by atoms with van der Waals surface area (Å²) in [4.78, 5) is 15.4. The monoisotopic (exact) mass is 323 g/mol. The van der Waals surface area contributed by atoms with Crippen LogP contribution >= 0.6 is 0 Å². The van der Waals surface area contributed by atoms with Gasteiger partial charge in [-0.2, -0.15) is 0 Å². The molecule has 3 rings (SSSR count). The van der Waals surface area contributed by atoms with Gasteiger partial charge in [-0.05, 0) is 56.6 Å². The van der Waals surface area contributed by atoms with Crippen LogP contribution in [0.5, 0.6) is 0 Å². The normalized spacial score (nSPS) is 34.1. The maximum Gasteiger partial charge on any atom is 0.259 e. The van der Waals surface area contributed by atoms with Crippen LogP contribution in [0.4, 0.5) is 0 Å². The lowest BCUT2D eigenvalue weighted by Gasteiger charge is -2.37. The highest BCUT2D eigenvalue weighted by Crippen LogP contribution is 2.43. The number of rotatable bonds is 5. The molecule has 2 aliphatic heterocycles. The second-order valence-electron chi connectivity index (χ2n) is 7.12. The molecule has 1 aliphatic carbocycles. The Morgan fingerprint density at radius 3 is 2.39 bits per heavy atom. The molecule has 1 amide bonds. The Bertz CT molecular complexity index is 475. The predicted molar refractivity (Wildman–Crippen MR) is 87.3 cm³/mol. The minimum absolute atomic E-state index is 0.103. The highest BCUT2D eigenvalue weighted by molar-refractivity contribution is 5.90. The number of methoxy groups -OCH3 is 2. The second-order valence-corrected chi connectivity index (χ2v) is 7.12. The molecule has 0 radical (unpaired) electrons. The van der Waals surface area contributed by atoms with E-state index in [1.165, 1.54) is 17.6 Å². The van der Waals surface area contributed by atoms with E-state index in [2.05, 4.69) is 0 Å². The first kappa shape index (κ1) is 16.9. The summed E-state index contributed by atoms with van der Waals surface area (Å²) in [5.74, 6) is 0.103. The van der Waals surface area contributed by atoms with E-state index >= 15 is 0 Å². The Kier molecular flexibility index (Phi) is 5.09. The van der Waals surface area contributed by atoms with Crippen molar-refractivity contribution in [2.45, 2.75) is 63.1 Å². The van der Waals surface area contributed by atoms with Gasteiger partial charge in [0.2, 0.25) is 0 Å². The molecule has 1 fully saturated rings. The molecule has 5 nitrogen and oxygen atoms in total. The van der Waals surface area contributed by atoms with Crippen LogP contribution in [0.15, 0.2) is 11.1 Å². The van der Waals surface area contributed by atoms with E-state index in [9.17, 15) is 4.79 Å². The molecule has 0 aromatic heterocycles. The summed E-state index contributed by atoms with van der Waals surface area (Å²) in [6.45, 7) is 3.74. The van der Waals surface area contributed by atoms with Crippen molar-refractivity contribution in [1.29, 1.82) is 0 Å². The maximum atomic E-state index is 13.5. The highest BCUT2D eigenvalue weighted by atomic mass is 16.5. The third-order valence-electron chi connectivity index (χ3n) is 5.67. The van der Waals surface area contributed by atoms with Gasteiger partial charge in [-0.1, -0.05) is 0 Å². The van der Waals surface area contributed by atoms with Crippen LogP contribution in [-0.4, -0.2) is 62.5 Å². The van der Waals surface area contributed by atoms with Crippen LogP contribution < -0.4 is 0 Å². The van der Waals surface area contributed by atoms with Crippen molar-refractivity contribution < 1.29 is 19.0 Å². The van der Waals surface area contributed by atoms with Gasteiger partial charge in [-0.15, -0.1) is 0 Å². The summed E-state index contributed by atoms with van der Waals surface area (Å²) < 4.78 is 16.8. The van der Waals surface area contributed by atoms with E-state index in [1.54, 1.807) is 14.2 Å². The van der Waals surface area contributed by atoms with Gasteiger partial charge >= 0.3 is 0 Å². The van der Waals surface area contributed by atoms with Gasteiger partial charge < -0.3 is 19.1 Å². The molecule has 0 aromatic rings. The molecular weight excluding hydrogens is 294 g/mol. The number of carbonyl (C=O) groups excluding carboxylic acids is 1. The van der Waals surface area contributed by atoms with Crippen molar-refractivity contribution in [3.05, 3.63) is 11.1 Å². The van der Waals surface area contributed by atoms with Crippen LogP contribution in [-0.2, 0) is 19.0 Å². The smallest absolute Gasteiger partial charge is 0.259 e. The lowest BCUT2D eigenvalue weighted by atomic mass is 9.83. The van der Waals surface area contributed by atoms with Gasteiger partial charge in [-0.3, -0.25) is 4.79 Å². The van der Waals surface area contributed by atoms with E-state index in [0.717, 1.165) is 32.1 Å². The molecule has 0 spiro atoms. The van der Waals surface area contributed by atoms with Gasteiger partial charge in [0.15, 0.2) is 5.60 Å². The number of hydrogen-bond acceptors (Lipinski definition) is 4. The average Bonchev–Trinajstić information content (AvgIpc) is 3.11. The molecule has 3 atom stereocenters. The lowest BCUT2D eigenvalue weighted by molar-refractivity contribution is -0.154. The molecule has 5 heteroatoms. The molecule has 0 aromatic carbocycles. The molecular formula is C18H29NO4. The van der Waals surface area contributed by atoms with Crippen LogP contribution in [0.3, 0.4) is 0 Å². The summed E-state index contributed by atoms with van der Waals surface area (Å²) in [6.07, 6.45) is 6.39. The number of ether oxygens (including phenoxy) is 3. The number of likely N-dealkylation sites (tertiary alicyclic amines) is 1. The van der Waals surface area contributed by atoms with Crippen molar-refractivity contribution in [2.24, 2.45) is 0 Å². The first-order valence-electron chi connectivity index (χ1n) is 8.77. The molecule has 3 aliphatic rings. The first-order chi connectivity index (χ1) is 11.1. The summed E-state index contributed by atoms with van der Waals surface area (Å²) in [5.41, 5.74) is 1.82. The average molecular weight is 323 g/mol. The standard InChI is InChI=1S/C18H29NO4/c1-18(16-7-5-4-6-13(16)10-23-18)17(20)19-14(11-21-2)8-9-15(19)12-22-3/h14-15H,4-12H2,1-3H3/t14-,15-,18-/m1/s1. The van der Waals surface area contributed by atoms with E-state index in [1.807, 2.05) is 11.8 Å². The zero-order valence-electron chi connectivity index (χ0n) is 14.6. The number of carbonyl (C=O) groups is 1. The predicted octanol–water partition coefficient (Wildman–Crippen LogP) is 2.30. The van der Waals surface area contributed by atoms with Crippen molar-refractivity contribution in [3.8, 4) is 0 Å². The summed E-state index contributed by atoms with van der Waals surface area (Å²) >= 11 is 0. The van der Waals surface area contributed by atoms with Gasteiger partial charge in [0.05, 0.1) is 31.9 Å². The van der Waals surface area contributed by atoms with E-state index in [4.69, 9.17) is 14.2 Å². The van der Waals surface area contributed by atoms with Crippen molar-refractivity contribution >= 4 is 5.91 Å². The molecule has 0 saturated carbocycles. The van der Waals surface area contributed by atoms with Gasteiger partial charge in [0, 0.05) is 14.2 Å². The van der Waals surface area contributed by atoms with Gasteiger partial charge in [0.25, 0.3) is 5.91 Å². The first-order valence-corrected chi connectivity index (χ1v) is 8.77. The van der Waals surface area contributed by atoms with Crippen molar-refractivity contribution in [3.63, 3.8) is 0 Å². The lowest BCUT2D eigenvalue weighted by Crippen LogP contribution is -2.54. The highest BCUT2D eigenvalue weighted by Gasteiger charge is 2.50. The summed E-state index contributed by atoms with van der Waals surface area (Å²) in [7, 11) is 3.39. The van der Waals surface area contributed by atoms with E-state index in [-0.39, 0.29) is 18.0 Å². The van der Waals surface area contributed by atoms with Crippen molar-refractivity contribution in [2.75, 3.05) is 34.0 Å². The zero-order chi connectivity index (χ0) is 16.4. The molecule has 0 bridgehead atoms. The molecule has 23 heavy (non-hydrogen) atoms. The van der Waals surface area contributed by atoms with E-state index < -0.39 is 5.60 Å². The van der Waals surface area contributed by atoms with Gasteiger partial charge in [0.1, 0.15) is 0 Å². The third-order valence-corrected chi connectivity index (χ3v) is 5.67. The fourth-order valence-electron chi connectivity index (χ4n) is 4.46. The Morgan fingerprint density at radius 1 is 1.17 bits per heavy atom. The largest absolute Gasteiger partial charge is 0.383 e. The Morgan fingerprint density at radius 2 is 1.78 bits per heavy atom. The molecule has 1 saturated heterocycles. The number of amides is 1. The molecule has 0 unspecified atom stereocenters. The summed E-state index contributed by atoms with van der Waals surface area (Å²) in [5, 5.41) is 0. The Hall–Kier alpha value is -0.910. The van der Waals surface area contributed by atoms with E-state index in [0.29, 0.717) is 19.8 Å².